The lowest BCUT2D eigenvalue weighted by Gasteiger charge is -2.27. The maximum atomic E-state index is 11.8. The number of hydrogen-bond donors (Lipinski definition) is 1. The first kappa shape index (κ1) is 21.6. The Morgan fingerprint density at radius 2 is 1.32 bits per heavy atom. The third kappa shape index (κ3) is 7.90. The largest absolute Gasteiger partial charge is 0.449 e. The molecule has 0 spiro atoms. The Labute approximate surface area is 165 Å². The van der Waals surface area contributed by atoms with Crippen molar-refractivity contribution >= 4 is 12.4 Å². The number of rotatable bonds is 13. The molecule has 0 aliphatic heterocycles. The first-order valence-electron chi connectivity index (χ1n) is 9.25. The Balaban J connectivity index is 1.82. The SMILES string of the molecule is NC(=O)OCC(C=O)(CCOCc1ccccc1)CCOCc1ccccc1. The van der Waals surface area contributed by atoms with Crippen LogP contribution in [0.5, 0.6) is 0 Å². The molecular weight excluding hydrogens is 358 g/mol. The van der Waals surface area contributed by atoms with Crippen molar-refractivity contribution in [3.8, 4) is 0 Å². The Kier molecular flexibility index (Phi) is 9.18. The van der Waals surface area contributed by atoms with E-state index in [0.29, 0.717) is 39.3 Å². The molecule has 150 valence electrons. The zero-order valence-electron chi connectivity index (χ0n) is 15.9. The number of amides is 1. The van der Waals surface area contributed by atoms with Crippen LogP contribution in [0.25, 0.3) is 0 Å². The van der Waals surface area contributed by atoms with Gasteiger partial charge in [0.05, 0.1) is 18.6 Å². The molecule has 0 fully saturated rings. The number of hydrogen-bond acceptors (Lipinski definition) is 5. The second-order valence-electron chi connectivity index (χ2n) is 6.66. The van der Waals surface area contributed by atoms with Gasteiger partial charge in [-0.15, -0.1) is 0 Å². The highest BCUT2D eigenvalue weighted by Gasteiger charge is 2.31. The molecule has 0 bridgehead atoms. The summed E-state index contributed by atoms with van der Waals surface area (Å²) in [5.74, 6) is 0. The molecule has 0 aromatic heterocycles. The summed E-state index contributed by atoms with van der Waals surface area (Å²) in [6, 6.07) is 19.5. The van der Waals surface area contributed by atoms with Gasteiger partial charge in [-0.1, -0.05) is 60.7 Å². The zero-order chi connectivity index (χ0) is 20.1. The highest BCUT2D eigenvalue weighted by atomic mass is 16.5. The molecule has 28 heavy (non-hydrogen) atoms. The average Bonchev–Trinajstić information content (AvgIpc) is 2.73. The molecule has 2 rings (SSSR count). The van der Waals surface area contributed by atoms with E-state index in [1.54, 1.807) is 0 Å². The number of benzene rings is 2. The first-order valence-corrected chi connectivity index (χ1v) is 9.25. The zero-order valence-corrected chi connectivity index (χ0v) is 15.9. The maximum Gasteiger partial charge on any atom is 0.404 e. The van der Waals surface area contributed by atoms with Crippen LogP contribution in [-0.4, -0.2) is 32.2 Å². The van der Waals surface area contributed by atoms with Gasteiger partial charge in [-0.25, -0.2) is 4.79 Å². The van der Waals surface area contributed by atoms with Crippen LogP contribution in [0.1, 0.15) is 24.0 Å². The third-order valence-electron chi connectivity index (χ3n) is 4.46. The van der Waals surface area contributed by atoms with E-state index in [0.717, 1.165) is 17.4 Å². The summed E-state index contributed by atoms with van der Waals surface area (Å²) < 4.78 is 16.3. The van der Waals surface area contributed by atoms with E-state index in [4.69, 9.17) is 19.9 Å². The second-order valence-corrected chi connectivity index (χ2v) is 6.66. The predicted octanol–water partition coefficient (Wildman–Crippen LogP) is 3.48. The Bertz CT molecular complexity index is 658. The molecular formula is C22H27NO5. The van der Waals surface area contributed by atoms with Gasteiger partial charge in [-0.05, 0) is 24.0 Å². The fourth-order valence-electron chi connectivity index (χ4n) is 2.72. The van der Waals surface area contributed by atoms with Crippen LogP contribution < -0.4 is 5.73 Å². The predicted molar refractivity (Wildman–Crippen MR) is 105 cm³/mol. The molecule has 0 saturated heterocycles. The molecule has 2 N–H and O–H groups in total. The third-order valence-corrected chi connectivity index (χ3v) is 4.46. The number of ether oxygens (including phenoxy) is 3. The van der Waals surface area contributed by atoms with Crippen molar-refractivity contribution in [3.05, 3.63) is 71.8 Å². The highest BCUT2D eigenvalue weighted by Crippen LogP contribution is 2.25. The second kappa shape index (κ2) is 11.9. The minimum absolute atomic E-state index is 0.0881. The summed E-state index contributed by atoms with van der Waals surface area (Å²) in [6.07, 6.45) is 0.728. The van der Waals surface area contributed by atoms with E-state index in [1.165, 1.54) is 0 Å². The number of carbonyl (C=O) groups excluding carboxylic acids is 2. The first-order chi connectivity index (χ1) is 13.6. The molecule has 0 radical (unpaired) electrons. The fourth-order valence-corrected chi connectivity index (χ4v) is 2.72. The van der Waals surface area contributed by atoms with Crippen molar-refractivity contribution < 1.29 is 23.8 Å². The molecule has 0 aliphatic rings. The van der Waals surface area contributed by atoms with E-state index >= 15 is 0 Å². The summed E-state index contributed by atoms with van der Waals surface area (Å²) in [7, 11) is 0. The van der Waals surface area contributed by atoms with Gasteiger partial charge < -0.3 is 24.7 Å². The highest BCUT2D eigenvalue weighted by molar-refractivity contribution is 5.66. The summed E-state index contributed by atoms with van der Waals surface area (Å²) >= 11 is 0. The molecule has 0 heterocycles. The summed E-state index contributed by atoms with van der Waals surface area (Å²) in [6.45, 7) is 1.53. The van der Waals surface area contributed by atoms with Crippen molar-refractivity contribution in [2.24, 2.45) is 11.1 Å². The fraction of sp³-hybridized carbons (Fsp3) is 0.364. The van der Waals surface area contributed by atoms with Gasteiger partial charge in [0.2, 0.25) is 0 Å². The number of carbonyl (C=O) groups is 2. The minimum atomic E-state index is -0.901. The van der Waals surface area contributed by atoms with Gasteiger partial charge in [-0.3, -0.25) is 0 Å². The molecule has 0 aliphatic carbocycles. The Morgan fingerprint density at radius 1 is 0.857 bits per heavy atom. The molecule has 0 saturated carbocycles. The van der Waals surface area contributed by atoms with E-state index < -0.39 is 11.5 Å². The van der Waals surface area contributed by atoms with Gasteiger partial charge in [0.15, 0.2) is 0 Å². The molecule has 1 amide bonds. The van der Waals surface area contributed by atoms with Gasteiger partial charge >= 0.3 is 6.09 Å². The van der Waals surface area contributed by atoms with Crippen LogP contribution >= 0.6 is 0 Å². The van der Waals surface area contributed by atoms with Gasteiger partial charge in [0.25, 0.3) is 0 Å². The van der Waals surface area contributed by atoms with Gasteiger partial charge in [0, 0.05) is 13.2 Å². The number of nitrogens with two attached hydrogens (primary N) is 1. The van der Waals surface area contributed by atoms with Crippen LogP contribution in [0.2, 0.25) is 0 Å². The van der Waals surface area contributed by atoms with Crippen molar-refractivity contribution in [3.63, 3.8) is 0 Å². The number of aldehydes is 1. The van der Waals surface area contributed by atoms with Crippen molar-refractivity contribution in [2.75, 3.05) is 19.8 Å². The van der Waals surface area contributed by atoms with E-state index in [2.05, 4.69) is 0 Å². The van der Waals surface area contributed by atoms with Crippen LogP contribution in [0.15, 0.2) is 60.7 Å². The van der Waals surface area contributed by atoms with Gasteiger partial charge in [-0.2, -0.15) is 0 Å². The van der Waals surface area contributed by atoms with Crippen LogP contribution in [0.3, 0.4) is 0 Å². The van der Waals surface area contributed by atoms with Crippen LogP contribution in [-0.2, 0) is 32.2 Å². The smallest absolute Gasteiger partial charge is 0.404 e. The van der Waals surface area contributed by atoms with Gasteiger partial charge in [0.1, 0.15) is 12.9 Å². The molecule has 6 heteroatoms. The molecule has 2 aromatic rings. The van der Waals surface area contributed by atoms with Crippen molar-refractivity contribution in [1.82, 2.24) is 0 Å². The van der Waals surface area contributed by atoms with E-state index in [-0.39, 0.29) is 6.61 Å². The Hall–Kier alpha value is -2.70. The molecule has 0 atom stereocenters. The van der Waals surface area contributed by atoms with Crippen molar-refractivity contribution in [2.45, 2.75) is 26.1 Å². The summed E-state index contributed by atoms with van der Waals surface area (Å²) in [5.41, 5.74) is 6.30. The lowest BCUT2D eigenvalue weighted by Crippen LogP contribution is -2.34. The lowest BCUT2D eigenvalue weighted by molar-refractivity contribution is -0.121. The lowest BCUT2D eigenvalue weighted by atomic mass is 9.84. The average molecular weight is 385 g/mol. The van der Waals surface area contributed by atoms with Crippen LogP contribution in [0, 0.1) is 5.41 Å². The van der Waals surface area contributed by atoms with Crippen molar-refractivity contribution in [1.29, 1.82) is 0 Å². The molecule has 0 unspecified atom stereocenters. The van der Waals surface area contributed by atoms with Crippen LogP contribution in [0.4, 0.5) is 4.79 Å². The quantitative estimate of drug-likeness (QED) is 0.421. The van der Waals surface area contributed by atoms with E-state index in [1.807, 2.05) is 60.7 Å². The Morgan fingerprint density at radius 3 is 1.71 bits per heavy atom. The monoisotopic (exact) mass is 385 g/mol. The molecule has 2 aromatic carbocycles. The summed E-state index contributed by atoms with van der Waals surface area (Å²) in [5, 5.41) is 0. The van der Waals surface area contributed by atoms with E-state index in [9.17, 15) is 9.59 Å². The maximum absolute atomic E-state index is 11.8. The standard InChI is InChI=1S/C22H27NO5/c23-21(25)28-18-22(17-24,11-13-26-15-19-7-3-1-4-8-19)12-14-27-16-20-9-5-2-6-10-20/h1-10,17H,11-16,18H2,(H2,23,25). The molecule has 6 nitrogen and oxygen atoms in total. The summed E-state index contributed by atoms with van der Waals surface area (Å²) in [4.78, 5) is 22.8. The topological polar surface area (TPSA) is 87.9 Å². The minimum Gasteiger partial charge on any atom is -0.449 e. The normalized spacial score (nSPS) is 11.1. The number of primary amides is 1.